The maximum atomic E-state index is 12.3. The summed E-state index contributed by atoms with van der Waals surface area (Å²) >= 11 is 7.79. The molecule has 0 aliphatic rings. The first-order valence-electron chi connectivity index (χ1n) is 9.55. The van der Waals surface area contributed by atoms with Gasteiger partial charge in [-0.2, -0.15) is 10.4 Å². The van der Waals surface area contributed by atoms with Crippen molar-refractivity contribution in [3.63, 3.8) is 0 Å². The number of benzene rings is 3. The molecule has 0 bridgehead atoms. The molecule has 1 heterocycles. The van der Waals surface area contributed by atoms with E-state index in [1.807, 2.05) is 72.8 Å². The quantitative estimate of drug-likeness (QED) is 0.292. The van der Waals surface area contributed by atoms with Crippen LogP contribution in [-0.2, 0) is 0 Å². The van der Waals surface area contributed by atoms with E-state index in [9.17, 15) is 10.1 Å². The Morgan fingerprint density at radius 3 is 2.47 bits per heavy atom. The molecule has 0 atom stereocenters. The highest BCUT2D eigenvalue weighted by atomic mass is 35.5. The molecule has 0 unspecified atom stereocenters. The molecule has 4 aromatic rings. The molecular formula is C24H16ClN5OS. The molecule has 4 rings (SSSR count). The van der Waals surface area contributed by atoms with Gasteiger partial charge in [-0.05, 0) is 29.8 Å². The van der Waals surface area contributed by atoms with Gasteiger partial charge in [0.05, 0.1) is 16.9 Å². The average Bonchev–Trinajstić information content (AvgIpc) is 2.82. The first-order valence-corrected chi connectivity index (χ1v) is 10.7. The van der Waals surface area contributed by atoms with Gasteiger partial charge in [0.1, 0.15) is 11.6 Å². The smallest absolute Gasteiger partial charge is 0.270 e. The summed E-state index contributed by atoms with van der Waals surface area (Å²) in [6.07, 6.45) is 1.62. The van der Waals surface area contributed by atoms with Crippen LogP contribution in [0.15, 0.2) is 98.5 Å². The molecule has 0 radical (unpaired) electrons. The number of aromatic nitrogens is 2. The molecule has 32 heavy (non-hydrogen) atoms. The predicted molar refractivity (Wildman–Crippen MR) is 128 cm³/mol. The summed E-state index contributed by atoms with van der Waals surface area (Å²) in [5, 5.41) is 14.2. The Kier molecular flexibility index (Phi) is 6.66. The Morgan fingerprint density at radius 2 is 1.75 bits per heavy atom. The van der Waals surface area contributed by atoms with Crippen molar-refractivity contribution >= 4 is 35.5 Å². The summed E-state index contributed by atoms with van der Waals surface area (Å²) in [5.74, 6) is 0.148. The van der Waals surface area contributed by atoms with Gasteiger partial charge in [0.2, 0.25) is 5.95 Å². The van der Waals surface area contributed by atoms with E-state index in [1.54, 1.807) is 30.1 Å². The van der Waals surface area contributed by atoms with Gasteiger partial charge in [-0.3, -0.25) is 9.78 Å². The molecule has 6 nitrogen and oxygen atoms in total. The fraction of sp³-hybridized carbons (Fsp3) is 0. The minimum Gasteiger partial charge on any atom is -0.290 e. The van der Waals surface area contributed by atoms with E-state index in [4.69, 9.17) is 11.6 Å². The van der Waals surface area contributed by atoms with Crippen molar-refractivity contribution in [3.05, 3.63) is 105 Å². The van der Waals surface area contributed by atoms with E-state index in [1.165, 1.54) is 0 Å². The average molecular weight is 458 g/mol. The molecule has 0 aliphatic heterocycles. The molecule has 0 saturated carbocycles. The highest BCUT2D eigenvalue weighted by Crippen LogP contribution is 2.32. The van der Waals surface area contributed by atoms with Crippen LogP contribution in [0, 0.1) is 11.3 Å². The normalized spacial score (nSPS) is 10.8. The Labute approximate surface area is 193 Å². The van der Waals surface area contributed by atoms with Crippen LogP contribution in [-0.4, -0.2) is 16.2 Å². The number of hydrazone groups is 1. The monoisotopic (exact) mass is 457 g/mol. The van der Waals surface area contributed by atoms with Crippen LogP contribution in [0.5, 0.6) is 0 Å². The molecule has 1 aromatic heterocycles. The third-order valence-corrected chi connectivity index (χ3v) is 5.93. The first-order chi connectivity index (χ1) is 15.6. The number of nitriles is 1. The van der Waals surface area contributed by atoms with Crippen molar-refractivity contribution < 1.29 is 0 Å². The van der Waals surface area contributed by atoms with E-state index >= 15 is 0 Å². The van der Waals surface area contributed by atoms with Gasteiger partial charge in [-0.25, -0.2) is 10.4 Å². The zero-order valence-corrected chi connectivity index (χ0v) is 18.2. The Balaban J connectivity index is 1.48. The summed E-state index contributed by atoms with van der Waals surface area (Å²) < 4.78 is 0. The third-order valence-electron chi connectivity index (χ3n) is 4.41. The van der Waals surface area contributed by atoms with Crippen molar-refractivity contribution in [1.82, 2.24) is 9.97 Å². The number of nitrogens with one attached hydrogen (secondary N) is 2. The maximum absolute atomic E-state index is 12.3. The number of rotatable bonds is 6. The molecule has 0 amide bonds. The lowest BCUT2D eigenvalue weighted by Crippen LogP contribution is -2.16. The standard InChI is InChI=1S/C24H16ClN5OS/c25-20-8-4-5-9-21(20)32-18-12-10-16(11-13-18)15-27-30-24-28-22(17-6-2-1-3-7-17)19(14-26)23(31)29-24/h1-13,15H,(H2,28,29,30,31). The Morgan fingerprint density at radius 1 is 1.03 bits per heavy atom. The van der Waals surface area contributed by atoms with Gasteiger partial charge >= 0.3 is 0 Å². The van der Waals surface area contributed by atoms with Crippen molar-refractivity contribution in [2.24, 2.45) is 5.10 Å². The summed E-state index contributed by atoms with van der Waals surface area (Å²) in [6.45, 7) is 0. The first kappa shape index (κ1) is 21.4. The van der Waals surface area contributed by atoms with E-state index in [-0.39, 0.29) is 11.5 Å². The van der Waals surface area contributed by atoms with Crippen LogP contribution in [0.25, 0.3) is 11.3 Å². The molecule has 0 aliphatic carbocycles. The fourth-order valence-electron chi connectivity index (χ4n) is 2.88. The van der Waals surface area contributed by atoms with Crippen LogP contribution in [0.1, 0.15) is 11.1 Å². The zero-order chi connectivity index (χ0) is 22.3. The molecule has 0 saturated heterocycles. The van der Waals surface area contributed by atoms with Crippen LogP contribution in [0.4, 0.5) is 5.95 Å². The van der Waals surface area contributed by atoms with Crippen LogP contribution < -0.4 is 11.0 Å². The summed E-state index contributed by atoms with van der Waals surface area (Å²) in [6, 6.07) is 26.5. The minimum atomic E-state index is -0.528. The molecule has 3 aromatic carbocycles. The summed E-state index contributed by atoms with van der Waals surface area (Å²) in [7, 11) is 0. The van der Waals surface area contributed by atoms with Gasteiger partial charge in [0.25, 0.3) is 5.56 Å². The van der Waals surface area contributed by atoms with Crippen LogP contribution >= 0.6 is 23.4 Å². The number of anilines is 1. The molecule has 0 fully saturated rings. The number of aromatic amines is 1. The van der Waals surface area contributed by atoms with Crippen molar-refractivity contribution in [2.45, 2.75) is 9.79 Å². The number of hydrogen-bond acceptors (Lipinski definition) is 6. The second-order valence-electron chi connectivity index (χ2n) is 6.59. The van der Waals surface area contributed by atoms with E-state index in [2.05, 4.69) is 20.5 Å². The predicted octanol–water partition coefficient (Wildman–Crippen LogP) is 5.56. The molecule has 2 N–H and O–H groups in total. The SMILES string of the molecule is N#Cc1c(-c2ccccc2)nc(NN=Cc2ccc(Sc3ccccc3Cl)cc2)[nH]c1=O. The van der Waals surface area contributed by atoms with Crippen molar-refractivity contribution in [2.75, 3.05) is 5.43 Å². The van der Waals surface area contributed by atoms with Gasteiger partial charge in [0, 0.05) is 15.4 Å². The number of H-pyrrole nitrogens is 1. The lowest BCUT2D eigenvalue weighted by atomic mass is 10.1. The van der Waals surface area contributed by atoms with Gasteiger partial charge in [-0.1, -0.05) is 78.0 Å². The second-order valence-corrected chi connectivity index (χ2v) is 8.11. The van der Waals surface area contributed by atoms with Gasteiger partial charge in [-0.15, -0.1) is 0 Å². The highest BCUT2D eigenvalue weighted by Gasteiger charge is 2.12. The Bertz CT molecular complexity index is 1360. The van der Waals surface area contributed by atoms with E-state index in [0.29, 0.717) is 16.3 Å². The molecular weight excluding hydrogens is 442 g/mol. The van der Waals surface area contributed by atoms with Gasteiger partial charge in [0.15, 0.2) is 0 Å². The molecule has 156 valence electrons. The summed E-state index contributed by atoms with van der Waals surface area (Å²) in [5.41, 5.74) is 3.99. The third kappa shape index (κ3) is 5.06. The Hall–Kier alpha value is -3.86. The van der Waals surface area contributed by atoms with Crippen LogP contribution in [0.3, 0.4) is 0 Å². The highest BCUT2D eigenvalue weighted by molar-refractivity contribution is 7.99. The lowest BCUT2D eigenvalue weighted by molar-refractivity contribution is 1.08. The summed E-state index contributed by atoms with van der Waals surface area (Å²) in [4.78, 5) is 21.2. The number of hydrogen-bond donors (Lipinski definition) is 2. The van der Waals surface area contributed by atoms with Crippen molar-refractivity contribution in [3.8, 4) is 17.3 Å². The second kappa shape index (κ2) is 9.96. The van der Waals surface area contributed by atoms with Crippen LogP contribution in [0.2, 0.25) is 5.02 Å². The number of halogens is 1. The fourth-order valence-corrected chi connectivity index (χ4v) is 3.97. The largest absolute Gasteiger partial charge is 0.290 e. The topological polar surface area (TPSA) is 93.9 Å². The van der Waals surface area contributed by atoms with Gasteiger partial charge < -0.3 is 0 Å². The number of nitrogens with zero attached hydrogens (tertiary/aromatic N) is 3. The zero-order valence-electron chi connectivity index (χ0n) is 16.6. The minimum absolute atomic E-state index is 0.0441. The molecule has 0 spiro atoms. The van der Waals surface area contributed by atoms with E-state index in [0.717, 1.165) is 15.4 Å². The molecule has 8 heteroatoms. The van der Waals surface area contributed by atoms with E-state index < -0.39 is 5.56 Å². The lowest BCUT2D eigenvalue weighted by Gasteiger charge is -2.06. The maximum Gasteiger partial charge on any atom is 0.270 e. The van der Waals surface area contributed by atoms with Crippen molar-refractivity contribution in [1.29, 1.82) is 5.26 Å².